The van der Waals surface area contributed by atoms with Crippen LogP contribution in [0, 0.1) is 0 Å². The number of thioether (sulfide) groups is 1. The van der Waals surface area contributed by atoms with E-state index >= 15 is 0 Å². The quantitative estimate of drug-likeness (QED) is 0.856. The lowest BCUT2D eigenvalue weighted by Crippen LogP contribution is -2.47. The molecule has 3 nitrogen and oxygen atoms in total. The Balaban J connectivity index is 1.83. The number of nitrogens with zero attached hydrogens (tertiary/aromatic N) is 1. The van der Waals surface area contributed by atoms with Crippen LogP contribution < -0.4 is 5.32 Å². The predicted octanol–water partition coefficient (Wildman–Crippen LogP) is 2.62. The lowest BCUT2D eigenvalue weighted by Gasteiger charge is -2.37. The molecule has 1 amide bonds. The molecule has 1 aromatic carbocycles. The van der Waals surface area contributed by atoms with E-state index in [1.807, 2.05) is 28.8 Å². The van der Waals surface area contributed by atoms with Crippen LogP contribution in [0.5, 0.6) is 0 Å². The molecule has 1 N–H and O–H groups in total. The Morgan fingerprint density at radius 1 is 1.42 bits per heavy atom. The number of nitrogens with one attached hydrogen (secondary N) is 1. The molecule has 0 aliphatic carbocycles. The fourth-order valence-electron chi connectivity index (χ4n) is 2.82. The van der Waals surface area contributed by atoms with E-state index in [-0.39, 0.29) is 5.91 Å². The van der Waals surface area contributed by atoms with Gasteiger partial charge in [0.15, 0.2) is 0 Å². The Hall–Kier alpha value is -1.16. The Morgan fingerprint density at radius 2 is 2.26 bits per heavy atom. The van der Waals surface area contributed by atoms with E-state index in [0.717, 1.165) is 30.8 Å². The predicted molar refractivity (Wildman–Crippen MR) is 81.1 cm³/mol. The van der Waals surface area contributed by atoms with Gasteiger partial charge in [-0.1, -0.05) is 6.92 Å². The highest BCUT2D eigenvalue weighted by Crippen LogP contribution is 2.28. The topological polar surface area (TPSA) is 32.3 Å². The van der Waals surface area contributed by atoms with Gasteiger partial charge in [-0.25, -0.2) is 0 Å². The van der Waals surface area contributed by atoms with Gasteiger partial charge < -0.3 is 10.2 Å². The van der Waals surface area contributed by atoms with Gasteiger partial charge >= 0.3 is 0 Å². The number of rotatable bonds is 1. The number of carbonyl (C=O) groups excluding carboxylic acids is 1. The van der Waals surface area contributed by atoms with Crippen molar-refractivity contribution in [2.75, 3.05) is 24.2 Å². The molecule has 2 heterocycles. The first-order valence-corrected chi connectivity index (χ1v) is 8.01. The highest BCUT2D eigenvalue weighted by Gasteiger charge is 2.29. The van der Waals surface area contributed by atoms with Gasteiger partial charge in [-0.3, -0.25) is 4.79 Å². The molecule has 2 unspecified atom stereocenters. The number of amides is 1. The van der Waals surface area contributed by atoms with Crippen molar-refractivity contribution in [3.63, 3.8) is 0 Å². The largest absolute Gasteiger partial charge is 0.384 e. The van der Waals surface area contributed by atoms with Gasteiger partial charge in [-0.15, -0.1) is 0 Å². The number of anilines is 1. The molecular weight excluding hydrogens is 256 g/mol. The normalized spacial score (nSPS) is 25.9. The second-order valence-corrected chi connectivity index (χ2v) is 6.85. The summed E-state index contributed by atoms with van der Waals surface area (Å²) in [5.74, 6) is 1.23. The van der Waals surface area contributed by atoms with E-state index in [4.69, 9.17) is 0 Å². The van der Waals surface area contributed by atoms with E-state index in [0.29, 0.717) is 11.3 Å². The maximum Gasteiger partial charge on any atom is 0.254 e. The van der Waals surface area contributed by atoms with E-state index in [1.54, 1.807) is 0 Å². The molecule has 0 bridgehead atoms. The molecule has 1 aromatic rings. The number of benzene rings is 1. The average molecular weight is 276 g/mol. The number of hydrogen-bond acceptors (Lipinski definition) is 3. The van der Waals surface area contributed by atoms with Gasteiger partial charge in [0.25, 0.3) is 5.91 Å². The molecule has 2 aliphatic rings. The second kappa shape index (κ2) is 5.08. The van der Waals surface area contributed by atoms with Crippen molar-refractivity contribution in [2.24, 2.45) is 0 Å². The van der Waals surface area contributed by atoms with Crippen molar-refractivity contribution in [1.82, 2.24) is 4.90 Å². The molecule has 0 spiro atoms. The fraction of sp³-hybridized carbons (Fsp3) is 0.533. The van der Waals surface area contributed by atoms with Crippen LogP contribution in [0.15, 0.2) is 18.2 Å². The molecule has 4 heteroatoms. The third kappa shape index (κ3) is 2.34. The van der Waals surface area contributed by atoms with Crippen LogP contribution in [0.4, 0.5) is 5.69 Å². The van der Waals surface area contributed by atoms with Crippen LogP contribution in [0.25, 0.3) is 0 Å². The van der Waals surface area contributed by atoms with E-state index in [2.05, 4.69) is 25.2 Å². The van der Waals surface area contributed by atoms with Crippen LogP contribution in [0.2, 0.25) is 0 Å². The zero-order valence-corrected chi connectivity index (χ0v) is 12.3. The maximum absolute atomic E-state index is 12.7. The molecule has 0 saturated carbocycles. The average Bonchev–Trinajstić information content (AvgIpc) is 2.88. The first-order valence-electron chi connectivity index (χ1n) is 6.96. The lowest BCUT2D eigenvalue weighted by molar-refractivity contribution is 0.0698. The summed E-state index contributed by atoms with van der Waals surface area (Å²) < 4.78 is 0. The molecular formula is C15H20N2OS. The highest BCUT2D eigenvalue weighted by molar-refractivity contribution is 8.00. The lowest BCUT2D eigenvalue weighted by atomic mass is 10.1. The third-order valence-corrected chi connectivity index (χ3v) is 5.54. The molecule has 2 aliphatic heterocycles. The van der Waals surface area contributed by atoms with Gasteiger partial charge in [0.2, 0.25) is 0 Å². The summed E-state index contributed by atoms with van der Waals surface area (Å²) in [7, 11) is 0. The Bertz CT molecular complexity index is 503. The van der Waals surface area contributed by atoms with Crippen LogP contribution in [0.1, 0.15) is 29.8 Å². The molecule has 2 atom stereocenters. The Kier molecular flexibility index (Phi) is 3.44. The summed E-state index contributed by atoms with van der Waals surface area (Å²) in [4.78, 5) is 14.7. The van der Waals surface area contributed by atoms with Crippen molar-refractivity contribution in [3.05, 3.63) is 29.3 Å². The Morgan fingerprint density at radius 3 is 3.11 bits per heavy atom. The summed E-state index contributed by atoms with van der Waals surface area (Å²) in [6, 6.07) is 6.38. The number of fused-ring (bicyclic) bond motifs is 1. The van der Waals surface area contributed by atoms with Crippen molar-refractivity contribution < 1.29 is 4.79 Å². The molecule has 0 radical (unpaired) electrons. The van der Waals surface area contributed by atoms with Crippen LogP contribution in [0.3, 0.4) is 0 Å². The van der Waals surface area contributed by atoms with Crippen molar-refractivity contribution in [1.29, 1.82) is 0 Å². The van der Waals surface area contributed by atoms with Gasteiger partial charge in [0, 0.05) is 41.4 Å². The summed E-state index contributed by atoms with van der Waals surface area (Å²) >= 11 is 1.96. The van der Waals surface area contributed by atoms with Crippen molar-refractivity contribution in [2.45, 2.75) is 31.6 Å². The SMILES string of the molecule is CC1SCCN(C(=O)c2ccc3c(c2)CCN3)C1C. The van der Waals surface area contributed by atoms with Crippen LogP contribution in [-0.4, -0.2) is 40.9 Å². The monoisotopic (exact) mass is 276 g/mol. The fourth-order valence-corrected chi connectivity index (χ4v) is 3.92. The van der Waals surface area contributed by atoms with Crippen molar-refractivity contribution in [3.8, 4) is 0 Å². The molecule has 3 rings (SSSR count). The smallest absolute Gasteiger partial charge is 0.254 e. The van der Waals surface area contributed by atoms with Crippen LogP contribution >= 0.6 is 11.8 Å². The maximum atomic E-state index is 12.7. The number of carbonyl (C=O) groups is 1. The standard InChI is InChI=1S/C15H20N2OS/c1-10-11(2)19-8-7-17(10)15(18)13-3-4-14-12(9-13)5-6-16-14/h3-4,9-11,16H,5-8H2,1-2H3. The minimum Gasteiger partial charge on any atom is -0.384 e. The third-order valence-electron chi connectivity index (χ3n) is 4.21. The molecule has 1 saturated heterocycles. The highest BCUT2D eigenvalue weighted by atomic mass is 32.2. The number of hydrogen-bond donors (Lipinski definition) is 1. The first kappa shape index (κ1) is 12.9. The van der Waals surface area contributed by atoms with Gasteiger partial charge in [-0.05, 0) is 37.1 Å². The molecule has 1 fully saturated rings. The molecule has 0 aromatic heterocycles. The minimum atomic E-state index is 0.189. The van der Waals surface area contributed by atoms with E-state index < -0.39 is 0 Å². The molecule has 102 valence electrons. The van der Waals surface area contributed by atoms with Crippen molar-refractivity contribution >= 4 is 23.4 Å². The first-order chi connectivity index (χ1) is 9.16. The summed E-state index contributed by atoms with van der Waals surface area (Å²) in [6.07, 6.45) is 1.03. The minimum absolute atomic E-state index is 0.189. The summed E-state index contributed by atoms with van der Waals surface area (Å²) in [5.41, 5.74) is 3.30. The van der Waals surface area contributed by atoms with E-state index in [9.17, 15) is 4.79 Å². The van der Waals surface area contributed by atoms with E-state index in [1.165, 1.54) is 11.3 Å². The summed E-state index contributed by atoms with van der Waals surface area (Å²) in [6.45, 7) is 6.22. The zero-order valence-electron chi connectivity index (χ0n) is 11.5. The zero-order chi connectivity index (χ0) is 13.4. The van der Waals surface area contributed by atoms with Crippen LogP contribution in [-0.2, 0) is 6.42 Å². The Labute approximate surface area is 118 Å². The summed E-state index contributed by atoms with van der Waals surface area (Å²) in [5, 5.41) is 3.86. The molecule has 19 heavy (non-hydrogen) atoms. The van der Waals surface area contributed by atoms with Gasteiger partial charge in [-0.2, -0.15) is 11.8 Å². The van der Waals surface area contributed by atoms with Gasteiger partial charge in [0.1, 0.15) is 0 Å². The second-order valence-electron chi connectivity index (χ2n) is 5.36. The van der Waals surface area contributed by atoms with Gasteiger partial charge in [0.05, 0.1) is 0 Å².